The number of carbonyl (C=O) groups excluding carboxylic acids is 1. The smallest absolute Gasteiger partial charge is 0.222 e. The maximum absolute atomic E-state index is 10.6. The fourth-order valence-corrected chi connectivity index (χ4v) is 2.96. The van der Waals surface area contributed by atoms with Crippen LogP contribution in [0.4, 0.5) is 23.3 Å². The van der Waals surface area contributed by atoms with Crippen LogP contribution in [-0.4, -0.2) is 42.3 Å². The summed E-state index contributed by atoms with van der Waals surface area (Å²) in [6.07, 6.45) is 0. The molecule has 0 bridgehead atoms. The first-order valence-electron chi connectivity index (χ1n) is 9.64. The monoisotopic (exact) mass is 660 g/mol. The zero-order chi connectivity index (χ0) is 24.2. The minimum absolute atomic E-state index is 0.149. The zero-order valence-corrected chi connectivity index (χ0v) is 23.1. The van der Waals surface area contributed by atoms with E-state index in [1.165, 1.54) is 6.92 Å². The molecule has 0 aliphatic rings. The van der Waals surface area contributed by atoms with Crippen molar-refractivity contribution >= 4 is 74.4 Å². The number of carbonyl (C=O) groups is 1. The van der Waals surface area contributed by atoms with E-state index in [9.17, 15) is 4.79 Å². The molecule has 7 N–H and O–H groups in total. The molecule has 0 atom stereocenters. The average Bonchev–Trinajstić information content (AvgIpc) is 2.62. The molecule has 2 aromatic heterocycles. The van der Waals surface area contributed by atoms with E-state index < -0.39 is 0 Å². The topological polar surface area (TPSA) is 151 Å². The molecule has 31 heavy (non-hydrogen) atoms. The maximum Gasteiger partial charge on any atom is 0.222 e. The minimum atomic E-state index is -0.149. The van der Waals surface area contributed by atoms with Gasteiger partial charge in [0, 0.05) is 40.5 Å². The van der Waals surface area contributed by atoms with Gasteiger partial charge in [0.25, 0.3) is 0 Å². The van der Waals surface area contributed by atoms with Gasteiger partial charge in [0.2, 0.25) is 5.91 Å². The van der Waals surface area contributed by atoms with E-state index >= 15 is 0 Å². The molecule has 0 aliphatic carbocycles. The van der Waals surface area contributed by atoms with E-state index in [1.54, 1.807) is 24.3 Å². The third kappa shape index (κ3) is 21.6. The lowest BCUT2D eigenvalue weighted by Crippen LogP contribution is -2.08. The molecule has 9 nitrogen and oxygen atoms in total. The van der Waals surface area contributed by atoms with Crippen LogP contribution in [0.3, 0.4) is 0 Å². The highest BCUT2D eigenvalue weighted by Crippen LogP contribution is 2.13. The van der Waals surface area contributed by atoms with Crippen molar-refractivity contribution < 1.29 is 14.3 Å². The molecule has 0 saturated carbocycles. The SMILES string of the molecule is CC(=O)Nc1cc(I)cc(N)n1.CCOCC.CCOCC.Nc1cc(I)cc(N)n1. The van der Waals surface area contributed by atoms with E-state index in [0.717, 1.165) is 33.6 Å². The Bertz CT molecular complexity index is 670. The zero-order valence-electron chi connectivity index (χ0n) is 18.7. The van der Waals surface area contributed by atoms with Crippen LogP contribution in [0.15, 0.2) is 24.3 Å². The van der Waals surface area contributed by atoms with Crippen LogP contribution in [0.2, 0.25) is 0 Å². The van der Waals surface area contributed by atoms with Gasteiger partial charge < -0.3 is 32.0 Å². The van der Waals surface area contributed by atoms with Gasteiger partial charge in [0.1, 0.15) is 23.3 Å². The van der Waals surface area contributed by atoms with Gasteiger partial charge in [-0.05, 0) is 97.1 Å². The number of nitrogens with one attached hydrogen (secondary N) is 1. The van der Waals surface area contributed by atoms with Crippen molar-refractivity contribution in [2.45, 2.75) is 34.6 Å². The Hall–Kier alpha value is -1.45. The molecule has 2 heterocycles. The van der Waals surface area contributed by atoms with Gasteiger partial charge in [-0.1, -0.05) is 0 Å². The molecular formula is C20H34I2N6O3. The van der Waals surface area contributed by atoms with Crippen LogP contribution in [-0.2, 0) is 14.3 Å². The number of ether oxygens (including phenoxy) is 2. The minimum Gasteiger partial charge on any atom is -0.384 e. The summed E-state index contributed by atoms with van der Waals surface area (Å²) in [7, 11) is 0. The number of hydrogen-bond acceptors (Lipinski definition) is 8. The average molecular weight is 660 g/mol. The van der Waals surface area contributed by atoms with Crippen LogP contribution < -0.4 is 22.5 Å². The van der Waals surface area contributed by atoms with Gasteiger partial charge in [0.15, 0.2) is 0 Å². The highest BCUT2D eigenvalue weighted by atomic mass is 127. The summed E-state index contributed by atoms with van der Waals surface area (Å²) in [5.41, 5.74) is 16.2. The number of rotatable bonds is 5. The molecule has 2 aromatic rings. The van der Waals surface area contributed by atoms with Crippen molar-refractivity contribution in [3.8, 4) is 0 Å². The van der Waals surface area contributed by atoms with E-state index in [1.807, 2.05) is 27.7 Å². The summed E-state index contributed by atoms with van der Waals surface area (Å²) in [6, 6.07) is 7.00. The Balaban J connectivity index is 0. The lowest BCUT2D eigenvalue weighted by atomic mass is 10.4. The molecule has 176 valence electrons. The molecule has 0 aliphatic heterocycles. The van der Waals surface area contributed by atoms with Gasteiger partial charge in [-0.25, -0.2) is 9.97 Å². The Morgan fingerprint density at radius 2 is 1.16 bits per heavy atom. The van der Waals surface area contributed by atoms with Crippen LogP contribution in [0.5, 0.6) is 0 Å². The fraction of sp³-hybridized carbons (Fsp3) is 0.450. The van der Waals surface area contributed by atoms with Crippen molar-refractivity contribution in [3.05, 3.63) is 31.4 Å². The van der Waals surface area contributed by atoms with Gasteiger partial charge >= 0.3 is 0 Å². The quantitative estimate of drug-likeness (QED) is 0.349. The van der Waals surface area contributed by atoms with Crippen LogP contribution >= 0.6 is 45.2 Å². The molecule has 11 heteroatoms. The Morgan fingerprint density at radius 3 is 1.42 bits per heavy atom. The highest BCUT2D eigenvalue weighted by molar-refractivity contribution is 14.1. The van der Waals surface area contributed by atoms with Gasteiger partial charge in [-0.2, -0.15) is 0 Å². The number of anilines is 4. The van der Waals surface area contributed by atoms with E-state index in [0.29, 0.717) is 23.3 Å². The number of hydrogen-bond donors (Lipinski definition) is 4. The summed E-state index contributed by atoms with van der Waals surface area (Å²) in [5, 5.41) is 2.55. The standard InChI is InChI=1S/C7H8IN3O.C5H6IN3.2C4H10O/c1-4(12)10-7-3-5(8)2-6(9)11-7;6-3-1-4(7)9-5(8)2-3;2*1-3-5-4-2/h2-3H,1H3,(H3,9,10,11,12);1-2H,(H4,7,8,9);2*3-4H2,1-2H3. The highest BCUT2D eigenvalue weighted by Gasteiger charge is 1.99. The summed E-state index contributed by atoms with van der Waals surface area (Å²) < 4.78 is 11.6. The summed E-state index contributed by atoms with van der Waals surface area (Å²) in [5.74, 6) is 1.69. The summed E-state index contributed by atoms with van der Waals surface area (Å²) in [6.45, 7) is 12.8. The molecule has 0 fully saturated rings. The Morgan fingerprint density at radius 1 is 0.806 bits per heavy atom. The summed E-state index contributed by atoms with van der Waals surface area (Å²) >= 11 is 4.24. The van der Waals surface area contributed by atoms with E-state index in [-0.39, 0.29) is 5.91 Å². The molecule has 1 amide bonds. The van der Waals surface area contributed by atoms with Crippen LogP contribution in [0.1, 0.15) is 34.6 Å². The van der Waals surface area contributed by atoms with Crippen LogP contribution in [0.25, 0.3) is 0 Å². The number of amides is 1. The third-order valence-electron chi connectivity index (χ3n) is 2.76. The predicted octanol–water partition coefficient (Wildman–Crippen LogP) is 4.16. The number of aromatic nitrogens is 2. The normalized spacial score (nSPS) is 9.13. The first kappa shape index (κ1) is 31.7. The van der Waals surface area contributed by atoms with Gasteiger partial charge in [-0.3, -0.25) is 4.79 Å². The Labute approximate surface area is 212 Å². The maximum atomic E-state index is 10.6. The van der Waals surface area contributed by atoms with Crippen molar-refractivity contribution in [2.24, 2.45) is 0 Å². The number of nitrogens with two attached hydrogens (primary N) is 3. The van der Waals surface area contributed by atoms with Crippen molar-refractivity contribution in [1.29, 1.82) is 0 Å². The molecule has 0 spiro atoms. The number of pyridine rings is 2. The number of nitrogens with zero attached hydrogens (tertiary/aromatic N) is 2. The van der Waals surface area contributed by atoms with Crippen LogP contribution in [0, 0.1) is 7.14 Å². The second kappa shape index (κ2) is 20.5. The molecule has 0 radical (unpaired) electrons. The molecule has 0 aromatic carbocycles. The van der Waals surface area contributed by atoms with Gasteiger partial charge in [0.05, 0.1) is 0 Å². The number of nitrogen functional groups attached to an aromatic ring is 3. The molecule has 0 saturated heterocycles. The lowest BCUT2D eigenvalue weighted by Gasteiger charge is -2.02. The second-order valence-corrected chi connectivity index (χ2v) is 7.97. The first-order chi connectivity index (χ1) is 14.6. The third-order valence-corrected chi connectivity index (χ3v) is 4.01. The molecular weight excluding hydrogens is 626 g/mol. The van der Waals surface area contributed by atoms with Crippen molar-refractivity contribution in [1.82, 2.24) is 9.97 Å². The second-order valence-electron chi connectivity index (χ2n) is 5.47. The van der Waals surface area contributed by atoms with E-state index in [4.69, 9.17) is 26.7 Å². The fourth-order valence-electron chi connectivity index (χ4n) is 1.71. The largest absolute Gasteiger partial charge is 0.384 e. The predicted molar refractivity (Wildman–Crippen MR) is 146 cm³/mol. The Kier molecular flexibility index (Phi) is 20.9. The first-order valence-corrected chi connectivity index (χ1v) is 11.8. The van der Waals surface area contributed by atoms with Crippen molar-refractivity contribution in [3.63, 3.8) is 0 Å². The molecule has 2 rings (SSSR count). The summed E-state index contributed by atoms with van der Waals surface area (Å²) in [4.78, 5) is 18.3. The van der Waals surface area contributed by atoms with E-state index in [2.05, 4.69) is 60.5 Å². The van der Waals surface area contributed by atoms with Crippen molar-refractivity contribution in [2.75, 3.05) is 48.9 Å². The molecule has 0 unspecified atom stereocenters. The van der Waals surface area contributed by atoms with Gasteiger partial charge in [-0.15, -0.1) is 0 Å². The number of halogens is 2. The lowest BCUT2D eigenvalue weighted by molar-refractivity contribution is -0.114.